The van der Waals surface area contributed by atoms with Crippen molar-refractivity contribution in [1.82, 2.24) is 10.3 Å². The third-order valence-corrected chi connectivity index (χ3v) is 5.34. The summed E-state index contributed by atoms with van der Waals surface area (Å²) in [4.78, 5) is 17.6. The lowest BCUT2D eigenvalue weighted by atomic mass is 10.1. The maximum atomic E-state index is 12.8. The normalized spacial score (nSPS) is 17.7. The fourth-order valence-electron chi connectivity index (χ4n) is 3.07. The second kappa shape index (κ2) is 6.29. The number of benzene rings is 2. The lowest BCUT2D eigenvalue weighted by molar-refractivity contribution is -0.116. The molecule has 0 aliphatic carbocycles. The molecule has 2 aliphatic heterocycles. The van der Waals surface area contributed by atoms with Crippen molar-refractivity contribution in [2.45, 2.75) is 32.2 Å². The lowest BCUT2D eigenvalue weighted by Crippen LogP contribution is -2.56. The number of hydrogen-bond donors (Lipinski definition) is 1. The van der Waals surface area contributed by atoms with Gasteiger partial charge < -0.3 is 0 Å². The smallest absolute Gasteiger partial charge is 0.276 e. The molecular weight excluding hydrogens is 344 g/mol. The first-order chi connectivity index (χ1) is 12.4. The number of carbonyl (C=O) groups excluding carboxylic acids is 1. The topological polar surface area (TPSA) is 57.1 Å². The second-order valence-corrected chi connectivity index (χ2v) is 7.88. The van der Waals surface area contributed by atoms with E-state index < -0.39 is 5.66 Å². The van der Waals surface area contributed by atoms with Gasteiger partial charge in [-0.1, -0.05) is 59.8 Å². The summed E-state index contributed by atoms with van der Waals surface area (Å²) in [6.45, 7) is 6.00. The lowest BCUT2D eigenvalue weighted by Gasteiger charge is -2.38. The monoisotopic (exact) mass is 364 g/mol. The fourth-order valence-corrected chi connectivity index (χ4v) is 3.87. The minimum Gasteiger partial charge on any atom is -0.298 e. The Morgan fingerprint density at radius 1 is 1.12 bits per heavy atom. The highest BCUT2D eigenvalue weighted by Gasteiger charge is 2.38. The van der Waals surface area contributed by atoms with Crippen LogP contribution in [0.3, 0.4) is 0 Å². The van der Waals surface area contributed by atoms with Gasteiger partial charge in [-0.25, -0.2) is 5.01 Å². The van der Waals surface area contributed by atoms with Crippen LogP contribution in [0.1, 0.15) is 25.0 Å². The molecule has 0 spiro atoms. The molecule has 0 radical (unpaired) electrons. The fraction of sp³-hybridized carbons (Fsp3) is 0.250. The summed E-state index contributed by atoms with van der Waals surface area (Å²) in [5.74, 6) is 0.610. The second-order valence-electron chi connectivity index (χ2n) is 6.92. The summed E-state index contributed by atoms with van der Waals surface area (Å²) in [5, 5.41) is 11.6. The van der Waals surface area contributed by atoms with Gasteiger partial charge in [0.2, 0.25) is 0 Å². The molecule has 6 heteroatoms. The average Bonchev–Trinajstić information content (AvgIpc) is 2.61. The molecule has 1 N–H and O–H groups in total. The van der Waals surface area contributed by atoms with E-state index >= 15 is 0 Å². The number of hydrogen-bond acceptors (Lipinski definition) is 5. The van der Waals surface area contributed by atoms with E-state index in [1.807, 2.05) is 38.1 Å². The predicted molar refractivity (Wildman–Crippen MR) is 105 cm³/mol. The van der Waals surface area contributed by atoms with Crippen LogP contribution in [0.4, 0.5) is 0 Å². The molecule has 0 atom stereocenters. The quantitative estimate of drug-likeness (QED) is 0.888. The van der Waals surface area contributed by atoms with Crippen molar-refractivity contribution >= 4 is 28.5 Å². The highest BCUT2D eigenvalue weighted by Crippen LogP contribution is 2.28. The number of amides is 1. The van der Waals surface area contributed by atoms with E-state index in [4.69, 9.17) is 4.99 Å². The Morgan fingerprint density at radius 3 is 2.62 bits per heavy atom. The first kappa shape index (κ1) is 16.8. The van der Waals surface area contributed by atoms with Crippen LogP contribution in [0.15, 0.2) is 58.6 Å². The van der Waals surface area contributed by atoms with Crippen molar-refractivity contribution in [3.63, 3.8) is 0 Å². The number of fused-ring (bicyclic) bond motifs is 2. The van der Waals surface area contributed by atoms with E-state index in [0.29, 0.717) is 10.9 Å². The van der Waals surface area contributed by atoms with E-state index in [0.717, 1.165) is 16.3 Å². The number of nitrogens with one attached hydrogen (secondary N) is 1. The van der Waals surface area contributed by atoms with Crippen LogP contribution in [-0.2, 0) is 10.5 Å². The van der Waals surface area contributed by atoms with Gasteiger partial charge in [0, 0.05) is 11.0 Å². The Labute approximate surface area is 156 Å². The Hall–Kier alpha value is -2.60. The van der Waals surface area contributed by atoms with Crippen LogP contribution in [-0.4, -0.2) is 21.7 Å². The third kappa shape index (κ3) is 3.01. The van der Waals surface area contributed by atoms with Gasteiger partial charge in [0.1, 0.15) is 11.4 Å². The molecule has 0 unspecified atom stereocenters. The maximum Gasteiger partial charge on any atom is 0.276 e. The van der Waals surface area contributed by atoms with E-state index in [-0.39, 0.29) is 5.91 Å². The number of aryl methyl sites for hydroxylation is 1. The van der Waals surface area contributed by atoms with Gasteiger partial charge in [-0.05, 0) is 32.4 Å². The SMILES string of the molecule is Cc1ccc(CSC2=NN3C(=c4ccccc4=NC3(C)C)C(=O)N2)cc1. The Morgan fingerprint density at radius 2 is 1.85 bits per heavy atom. The van der Waals surface area contributed by atoms with Gasteiger partial charge in [0.15, 0.2) is 5.17 Å². The van der Waals surface area contributed by atoms with Gasteiger partial charge in [-0.2, -0.15) is 0 Å². The number of thioether (sulfide) groups is 1. The third-order valence-electron chi connectivity index (χ3n) is 4.41. The summed E-state index contributed by atoms with van der Waals surface area (Å²) in [6.07, 6.45) is 0. The molecule has 2 aromatic rings. The maximum absolute atomic E-state index is 12.8. The van der Waals surface area contributed by atoms with Gasteiger partial charge >= 0.3 is 0 Å². The summed E-state index contributed by atoms with van der Waals surface area (Å²) < 4.78 is 0. The molecule has 1 amide bonds. The van der Waals surface area contributed by atoms with Gasteiger partial charge in [0.25, 0.3) is 5.91 Å². The van der Waals surface area contributed by atoms with Gasteiger partial charge in [-0.15, -0.1) is 5.10 Å². The van der Waals surface area contributed by atoms with Crippen molar-refractivity contribution in [3.8, 4) is 0 Å². The molecular formula is C20H20N4OS. The van der Waals surface area contributed by atoms with Crippen molar-refractivity contribution in [1.29, 1.82) is 0 Å². The number of hydrazone groups is 1. The summed E-state index contributed by atoms with van der Waals surface area (Å²) in [7, 11) is 0. The summed E-state index contributed by atoms with van der Waals surface area (Å²) in [6, 6.07) is 16.1. The first-order valence-electron chi connectivity index (χ1n) is 8.52. The minimum absolute atomic E-state index is 0.137. The van der Waals surface area contributed by atoms with Crippen LogP contribution in [0.5, 0.6) is 0 Å². The zero-order chi connectivity index (χ0) is 18.3. The molecule has 2 heterocycles. The number of para-hydroxylation sites is 1. The molecule has 4 rings (SSSR count). The molecule has 0 saturated heterocycles. The van der Waals surface area contributed by atoms with Crippen molar-refractivity contribution in [2.75, 3.05) is 0 Å². The molecule has 0 bridgehead atoms. The van der Waals surface area contributed by atoms with Gasteiger partial charge in [0.05, 0.1) is 5.36 Å². The van der Waals surface area contributed by atoms with Crippen LogP contribution in [0.2, 0.25) is 0 Å². The van der Waals surface area contributed by atoms with E-state index in [1.165, 1.54) is 22.9 Å². The van der Waals surface area contributed by atoms with E-state index in [2.05, 4.69) is 41.6 Å². The zero-order valence-electron chi connectivity index (χ0n) is 15.0. The number of rotatable bonds is 2. The summed E-state index contributed by atoms with van der Waals surface area (Å²) in [5.41, 5.74) is 2.37. The highest BCUT2D eigenvalue weighted by molar-refractivity contribution is 8.13. The standard InChI is InChI=1S/C20H20N4OS/c1-13-8-10-14(11-9-13)12-26-19-21-18(25)17-15-6-4-5-7-16(15)22-20(2,3)24(17)23-19/h4-11H,12H2,1-3H3,(H,21,23,25). The predicted octanol–water partition coefficient (Wildman–Crippen LogP) is 2.11. The highest BCUT2D eigenvalue weighted by atomic mass is 32.2. The molecule has 2 aliphatic rings. The minimum atomic E-state index is -0.614. The first-order valence-corrected chi connectivity index (χ1v) is 9.50. The van der Waals surface area contributed by atoms with E-state index in [1.54, 1.807) is 5.01 Å². The number of carbonyl (C=O) groups is 1. The Bertz CT molecular complexity index is 1020. The molecule has 26 heavy (non-hydrogen) atoms. The molecule has 0 aromatic heterocycles. The number of nitrogens with zero attached hydrogens (tertiary/aromatic N) is 3. The van der Waals surface area contributed by atoms with Crippen LogP contribution in [0, 0.1) is 6.92 Å². The van der Waals surface area contributed by atoms with Crippen LogP contribution < -0.4 is 15.9 Å². The van der Waals surface area contributed by atoms with E-state index in [9.17, 15) is 4.79 Å². The van der Waals surface area contributed by atoms with Crippen LogP contribution >= 0.6 is 11.8 Å². The Balaban J connectivity index is 1.68. The van der Waals surface area contributed by atoms with Crippen LogP contribution in [0.25, 0.3) is 5.70 Å². The van der Waals surface area contributed by atoms with Gasteiger partial charge in [-0.3, -0.25) is 15.1 Å². The van der Waals surface area contributed by atoms with Crippen molar-refractivity contribution < 1.29 is 4.79 Å². The molecule has 0 fully saturated rings. The number of amidine groups is 1. The molecule has 5 nitrogen and oxygen atoms in total. The summed E-state index contributed by atoms with van der Waals surface area (Å²) >= 11 is 1.52. The van der Waals surface area contributed by atoms with Crippen molar-refractivity contribution in [2.24, 2.45) is 10.1 Å². The molecule has 0 saturated carbocycles. The average molecular weight is 364 g/mol. The molecule has 2 aromatic carbocycles. The molecule has 132 valence electrons. The zero-order valence-corrected chi connectivity index (χ0v) is 15.8. The van der Waals surface area contributed by atoms with Crippen molar-refractivity contribution in [3.05, 3.63) is 70.2 Å². The largest absolute Gasteiger partial charge is 0.298 e. The Kier molecular flexibility index (Phi) is 4.07.